The van der Waals surface area contributed by atoms with Crippen LogP contribution >= 0.6 is 0 Å². The van der Waals surface area contributed by atoms with Crippen LogP contribution in [0.2, 0.25) is 0 Å². The molecule has 2 aromatic carbocycles. The fourth-order valence-electron chi connectivity index (χ4n) is 1.69. The predicted octanol–water partition coefficient (Wildman–Crippen LogP) is 2.92. The summed E-state index contributed by atoms with van der Waals surface area (Å²) >= 11 is 0. The summed E-state index contributed by atoms with van der Waals surface area (Å²) in [5, 5.41) is 19.6. The minimum absolute atomic E-state index is 0.0264. The fourth-order valence-corrected chi connectivity index (χ4v) is 1.69. The molecule has 0 atom stereocenters. The molecule has 0 heterocycles. The van der Waals surface area contributed by atoms with Crippen LogP contribution in [-0.2, 0) is 0 Å². The summed E-state index contributed by atoms with van der Waals surface area (Å²) in [6.07, 6.45) is 0. The number of hydrogen-bond acceptors (Lipinski definition) is 5. The van der Waals surface area contributed by atoms with E-state index in [0.717, 1.165) is 5.75 Å². The van der Waals surface area contributed by atoms with Crippen LogP contribution in [0.1, 0.15) is 5.56 Å². The van der Waals surface area contributed by atoms with Crippen molar-refractivity contribution in [3.05, 3.63) is 64.2 Å². The van der Waals surface area contributed by atoms with E-state index in [9.17, 15) is 10.1 Å². The monoisotopic (exact) mass is 284 g/mol. The van der Waals surface area contributed by atoms with Crippen molar-refractivity contribution in [2.24, 2.45) is 0 Å². The zero-order chi connectivity index (χ0) is 15.1. The molecular formula is C15H12N2O4. The third-order valence-corrected chi connectivity index (χ3v) is 2.65. The quantitative estimate of drug-likeness (QED) is 0.462. The third-order valence-electron chi connectivity index (χ3n) is 2.65. The van der Waals surface area contributed by atoms with Crippen LogP contribution in [0.4, 0.5) is 5.69 Å². The highest BCUT2D eigenvalue weighted by molar-refractivity contribution is 5.52. The maximum atomic E-state index is 10.7. The topological polar surface area (TPSA) is 85.4 Å². The van der Waals surface area contributed by atoms with Gasteiger partial charge in [-0.2, -0.15) is 5.26 Å². The molecule has 0 aliphatic carbocycles. The minimum Gasteiger partial charge on any atom is -0.490 e. The molecular weight excluding hydrogens is 272 g/mol. The van der Waals surface area contributed by atoms with Gasteiger partial charge in [0.05, 0.1) is 4.92 Å². The van der Waals surface area contributed by atoms with Crippen molar-refractivity contribution < 1.29 is 14.4 Å². The van der Waals surface area contributed by atoms with E-state index >= 15 is 0 Å². The number of nitriles is 1. The Kier molecular flexibility index (Phi) is 4.72. The van der Waals surface area contributed by atoms with Crippen molar-refractivity contribution in [2.45, 2.75) is 0 Å². The second-order valence-corrected chi connectivity index (χ2v) is 4.06. The summed E-state index contributed by atoms with van der Waals surface area (Å²) in [7, 11) is 0. The molecule has 106 valence electrons. The zero-order valence-electron chi connectivity index (χ0n) is 11.1. The molecule has 21 heavy (non-hydrogen) atoms. The number of benzene rings is 2. The second-order valence-electron chi connectivity index (χ2n) is 4.06. The largest absolute Gasteiger partial charge is 0.490 e. The van der Waals surface area contributed by atoms with Crippen molar-refractivity contribution in [1.82, 2.24) is 0 Å². The highest BCUT2D eigenvalue weighted by Crippen LogP contribution is 2.23. The van der Waals surface area contributed by atoms with E-state index in [0.29, 0.717) is 12.4 Å². The Morgan fingerprint density at radius 2 is 1.71 bits per heavy atom. The van der Waals surface area contributed by atoms with Gasteiger partial charge in [-0.15, -0.1) is 0 Å². The van der Waals surface area contributed by atoms with Crippen molar-refractivity contribution in [1.29, 1.82) is 5.26 Å². The molecule has 6 nitrogen and oxygen atoms in total. The number of nitro benzene ring substituents is 1. The summed E-state index contributed by atoms with van der Waals surface area (Å²) in [4.78, 5) is 10.1. The maximum absolute atomic E-state index is 10.7. The number of hydrogen-bond donors (Lipinski definition) is 0. The molecule has 0 saturated carbocycles. The van der Waals surface area contributed by atoms with Crippen LogP contribution in [0.5, 0.6) is 11.5 Å². The molecule has 0 unspecified atom stereocenters. The van der Waals surface area contributed by atoms with Crippen LogP contribution in [0.25, 0.3) is 0 Å². The summed E-state index contributed by atoms with van der Waals surface area (Å²) in [5.41, 5.74) is -0.258. The van der Waals surface area contributed by atoms with Gasteiger partial charge in [-0.1, -0.05) is 18.2 Å². The van der Waals surface area contributed by atoms with Gasteiger partial charge in [0.2, 0.25) is 0 Å². The van der Waals surface area contributed by atoms with Crippen molar-refractivity contribution in [3.8, 4) is 17.6 Å². The molecule has 0 radical (unpaired) electrons. The first kappa shape index (κ1) is 14.3. The molecule has 0 fully saturated rings. The summed E-state index contributed by atoms with van der Waals surface area (Å²) < 4.78 is 10.9. The average molecular weight is 284 g/mol. The Morgan fingerprint density at radius 3 is 2.33 bits per heavy atom. The van der Waals surface area contributed by atoms with Gasteiger partial charge in [0.15, 0.2) is 0 Å². The van der Waals surface area contributed by atoms with Gasteiger partial charge in [-0.05, 0) is 18.2 Å². The van der Waals surface area contributed by atoms with Crippen molar-refractivity contribution in [2.75, 3.05) is 13.2 Å². The smallest absolute Gasteiger partial charge is 0.287 e. The Morgan fingerprint density at radius 1 is 1.05 bits per heavy atom. The highest BCUT2D eigenvalue weighted by Gasteiger charge is 2.14. The van der Waals surface area contributed by atoms with Gasteiger partial charge < -0.3 is 9.47 Å². The SMILES string of the molecule is N#Cc1cc(OCCOc2ccccc2)ccc1[N+](=O)[O-]. The van der Waals surface area contributed by atoms with Gasteiger partial charge in [-0.3, -0.25) is 10.1 Å². The second kappa shape index (κ2) is 6.91. The lowest BCUT2D eigenvalue weighted by Crippen LogP contribution is -2.09. The van der Waals surface area contributed by atoms with Crippen LogP contribution < -0.4 is 9.47 Å². The lowest BCUT2D eigenvalue weighted by atomic mass is 10.2. The third kappa shape index (κ3) is 3.94. The minimum atomic E-state index is -0.596. The average Bonchev–Trinajstić information content (AvgIpc) is 2.52. The molecule has 0 aliphatic heterocycles. The van der Waals surface area contributed by atoms with Crippen molar-refractivity contribution in [3.63, 3.8) is 0 Å². The van der Waals surface area contributed by atoms with Crippen LogP contribution in [0, 0.1) is 21.4 Å². The number of ether oxygens (including phenoxy) is 2. The van der Waals surface area contributed by atoms with E-state index in [2.05, 4.69) is 0 Å². The van der Waals surface area contributed by atoms with Gasteiger partial charge in [0.1, 0.15) is 36.3 Å². The van der Waals surface area contributed by atoms with E-state index in [1.54, 1.807) is 6.07 Å². The molecule has 6 heteroatoms. The molecule has 0 aliphatic rings. The number of nitro groups is 1. The van der Waals surface area contributed by atoms with Gasteiger partial charge in [0.25, 0.3) is 5.69 Å². The fraction of sp³-hybridized carbons (Fsp3) is 0.133. The number of nitrogens with zero attached hydrogens (tertiary/aromatic N) is 2. The first-order chi connectivity index (χ1) is 10.2. The Hall–Kier alpha value is -3.07. The maximum Gasteiger partial charge on any atom is 0.287 e. The Balaban J connectivity index is 1.89. The Bertz CT molecular complexity index is 665. The van der Waals surface area contributed by atoms with Crippen LogP contribution in [-0.4, -0.2) is 18.1 Å². The molecule has 0 saturated heterocycles. The van der Waals surface area contributed by atoms with Crippen LogP contribution in [0.3, 0.4) is 0 Å². The van der Waals surface area contributed by atoms with E-state index < -0.39 is 4.92 Å². The number of para-hydroxylation sites is 1. The summed E-state index contributed by atoms with van der Waals surface area (Å²) in [6, 6.07) is 15.1. The Labute approximate surface area is 121 Å². The van der Waals surface area contributed by atoms with Crippen LogP contribution in [0.15, 0.2) is 48.5 Å². The standard InChI is InChI=1S/C15H12N2O4/c16-11-12-10-14(6-7-15(12)17(18)19)21-9-8-20-13-4-2-1-3-5-13/h1-7,10H,8-9H2. The molecule has 0 aromatic heterocycles. The van der Waals surface area contributed by atoms with Gasteiger partial charge in [0, 0.05) is 12.1 Å². The predicted molar refractivity (Wildman–Crippen MR) is 75.2 cm³/mol. The lowest BCUT2D eigenvalue weighted by molar-refractivity contribution is -0.385. The molecule has 2 rings (SSSR count). The molecule has 0 amide bonds. The normalized spacial score (nSPS) is 9.67. The van der Waals surface area contributed by atoms with Gasteiger partial charge >= 0.3 is 0 Å². The molecule has 0 spiro atoms. The van der Waals surface area contributed by atoms with E-state index in [1.807, 2.05) is 30.3 Å². The molecule has 2 aromatic rings. The van der Waals surface area contributed by atoms with E-state index in [-0.39, 0.29) is 17.9 Å². The number of rotatable bonds is 6. The first-order valence-electron chi connectivity index (χ1n) is 6.20. The van der Waals surface area contributed by atoms with E-state index in [1.165, 1.54) is 18.2 Å². The zero-order valence-corrected chi connectivity index (χ0v) is 11.1. The lowest BCUT2D eigenvalue weighted by Gasteiger charge is -2.08. The summed E-state index contributed by atoms with van der Waals surface area (Å²) in [5.74, 6) is 1.14. The first-order valence-corrected chi connectivity index (χ1v) is 6.20. The molecule has 0 N–H and O–H groups in total. The summed E-state index contributed by atoms with van der Waals surface area (Å²) in [6.45, 7) is 0.612. The van der Waals surface area contributed by atoms with Gasteiger partial charge in [-0.25, -0.2) is 0 Å². The van der Waals surface area contributed by atoms with Crippen molar-refractivity contribution >= 4 is 5.69 Å². The van der Waals surface area contributed by atoms with E-state index in [4.69, 9.17) is 14.7 Å². The highest BCUT2D eigenvalue weighted by atomic mass is 16.6. The molecule has 0 bridgehead atoms.